The van der Waals surface area contributed by atoms with E-state index in [0.29, 0.717) is 18.3 Å². The molecular formula is C24H39N3O4. The van der Waals surface area contributed by atoms with Crippen molar-refractivity contribution in [2.75, 3.05) is 0 Å². The average Bonchev–Trinajstić information content (AvgIpc) is 3.07. The topological polar surface area (TPSA) is 127 Å². The van der Waals surface area contributed by atoms with Crippen molar-refractivity contribution in [3.63, 3.8) is 0 Å². The molecule has 4 aliphatic carbocycles. The van der Waals surface area contributed by atoms with E-state index in [1.54, 1.807) is 0 Å². The third kappa shape index (κ3) is 3.57. The van der Waals surface area contributed by atoms with Gasteiger partial charge in [0.05, 0.1) is 12.2 Å². The van der Waals surface area contributed by atoms with E-state index in [2.05, 4.69) is 30.8 Å². The lowest BCUT2D eigenvalue weighted by atomic mass is 9.43. The molecular weight excluding hydrogens is 394 g/mol. The number of aliphatic hydroxyl groups excluding tert-OH is 2. The van der Waals surface area contributed by atoms with E-state index >= 15 is 0 Å². The Morgan fingerprint density at radius 3 is 2.58 bits per heavy atom. The van der Waals surface area contributed by atoms with Gasteiger partial charge in [-0.05, 0) is 103 Å². The van der Waals surface area contributed by atoms with Crippen LogP contribution in [0.3, 0.4) is 0 Å². The Bertz CT molecular complexity index is 755. The van der Waals surface area contributed by atoms with Crippen LogP contribution in [0.5, 0.6) is 0 Å². The zero-order valence-electron chi connectivity index (χ0n) is 19.2. The number of aliphatic hydroxyl groups is 2. The highest BCUT2D eigenvalue weighted by Crippen LogP contribution is 2.68. The number of carbonyl (C=O) groups is 1. The first-order valence-corrected chi connectivity index (χ1v) is 12.2. The molecule has 4 saturated carbocycles. The first kappa shape index (κ1) is 22.9. The molecule has 0 radical (unpaired) electrons. The van der Waals surface area contributed by atoms with Crippen molar-refractivity contribution in [2.45, 2.75) is 96.8 Å². The second-order valence-electron chi connectivity index (χ2n) is 11.6. The van der Waals surface area contributed by atoms with Crippen LogP contribution in [0.25, 0.3) is 10.4 Å². The summed E-state index contributed by atoms with van der Waals surface area (Å²) < 4.78 is 0. The monoisotopic (exact) mass is 433 g/mol. The summed E-state index contributed by atoms with van der Waals surface area (Å²) in [4.78, 5) is 14.1. The summed E-state index contributed by atoms with van der Waals surface area (Å²) in [7, 11) is 0. The van der Waals surface area contributed by atoms with Crippen molar-refractivity contribution in [3.05, 3.63) is 10.4 Å². The zero-order valence-corrected chi connectivity index (χ0v) is 19.2. The van der Waals surface area contributed by atoms with Gasteiger partial charge in [-0.2, -0.15) is 0 Å². The fraction of sp³-hybridized carbons (Fsp3) is 0.958. The second kappa shape index (κ2) is 8.24. The normalized spacial score (nSPS) is 49.8. The van der Waals surface area contributed by atoms with Crippen LogP contribution in [-0.4, -0.2) is 39.5 Å². The largest absolute Gasteiger partial charge is 0.481 e. The lowest BCUT2D eigenvalue weighted by molar-refractivity contribution is -0.202. The van der Waals surface area contributed by atoms with Crippen molar-refractivity contribution in [3.8, 4) is 0 Å². The third-order valence-corrected chi connectivity index (χ3v) is 10.5. The minimum absolute atomic E-state index is 0.0246. The molecule has 4 rings (SSSR count). The quantitative estimate of drug-likeness (QED) is 0.328. The molecule has 0 spiro atoms. The molecule has 4 fully saturated rings. The number of carboxylic acids is 1. The molecule has 31 heavy (non-hydrogen) atoms. The number of aliphatic carboxylic acids is 1. The molecule has 0 amide bonds. The number of nitrogens with zero attached hydrogens (tertiary/aromatic N) is 3. The first-order chi connectivity index (χ1) is 14.6. The van der Waals surface area contributed by atoms with Crippen LogP contribution in [0.1, 0.15) is 78.6 Å². The molecule has 0 aromatic carbocycles. The molecule has 3 N–H and O–H groups in total. The van der Waals surface area contributed by atoms with Crippen LogP contribution in [-0.2, 0) is 4.79 Å². The summed E-state index contributed by atoms with van der Waals surface area (Å²) in [5.41, 5.74) is 8.68. The molecule has 11 atom stereocenters. The molecule has 174 valence electrons. The molecule has 0 saturated heterocycles. The maximum atomic E-state index is 11.5. The average molecular weight is 434 g/mol. The summed E-state index contributed by atoms with van der Waals surface area (Å²) in [6.45, 7) is 6.71. The van der Waals surface area contributed by atoms with Crippen LogP contribution in [0.15, 0.2) is 5.11 Å². The SMILES string of the molecule is C[C@H](CCC(=O)O)[C@H]1CCC2C3C(O)CC4C[C@@H](N=[N+]=[N-])CC[C@]4(C)C3C[C@H](O)[C@@]21C. The van der Waals surface area contributed by atoms with E-state index in [1.807, 2.05) is 0 Å². The standard InChI is InChI=1S/C24H39N3O4/c1-13(4-7-21(30)31)16-5-6-17-22-18(12-20(29)24(16,17)3)23(2)9-8-15(26-27-25)10-14(23)11-19(22)28/h13-20,22,28-29H,4-12H2,1-3H3,(H,30,31)/t13-,14?,15+,16-,17?,18?,19?,20+,22?,23+,24-/m1/s1. The van der Waals surface area contributed by atoms with Gasteiger partial charge < -0.3 is 15.3 Å². The zero-order chi connectivity index (χ0) is 22.6. The van der Waals surface area contributed by atoms with Crippen LogP contribution in [0.4, 0.5) is 0 Å². The third-order valence-electron chi connectivity index (χ3n) is 10.5. The first-order valence-electron chi connectivity index (χ1n) is 12.2. The minimum Gasteiger partial charge on any atom is -0.481 e. The number of carboxylic acid groups (broad SMARTS) is 1. The van der Waals surface area contributed by atoms with E-state index in [0.717, 1.165) is 44.9 Å². The van der Waals surface area contributed by atoms with Gasteiger partial charge in [0.1, 0.15) is 0 Å². The fourth-order valence-electron chi connectivity index (χ4n) is 8.86. The number of fused-ring (bicyclic) bond motifs is 5. The second-order valence-corrected chi connectivity index (χ2v) is 11.6. The van der Waals surface area contributed by atoms with E-state index in [9.17, 15) is 15.0 Å². The van der Waals surface area contributed by atoms with Crippen molar-refractivity contribution in [2.24, 2.45) is 51.5 Å². The Morgan fingerprint density at radius 2 is 1.90 bits per heavy atom. The minimum atomic E-state index is -0.756. The van der Waals surface area contributed by atoms with E-state index < -0.39 is 12.1 Å². The van der Waals surface area contributed by atoms with Crippen molar-refractivity contribution in [1.29, 1.82) is 0 Å². The summed E-state index contributed by atoms with van der Waals surface area (Å²) in [6, 6.07) is 0.0246. The fourth-order valence-corrected chi connectivity index (χ4v) is 8.86. The van der Waals surface area contributed by atoms with E-state index in [1.165, 1.54) is 0 Å². The predicted molar refractivity (Wildman–Crippen MR) is 117 cm³/mol. The lowest BCUT2D eigenvalue weighted by Crippen LogP contribution is -2.62. The molecule has 0 bridgehead atoms. The predicted octanol–water partition coefficient (Wildman–Crippen LogP) is 4.77. The van der Waals surface area contributed by atoms with Gasteiger partial charge in [-0.3, -0.25) is 4.79 Å². The van der Waals surface area contributed by atoms with Gasteiger partial charge >= 0.3 is 5.97 Å². The van der Waals surface area contributed by atoms with Crippen LogP contribution < -0.4 is 0 Å². The number of azide groups is 1. The highest BCUT2D eigenvalue weighted by atomic mass is 16.4. The molecule has 7 nitrogen and oxygen atoms in total. The Hall–Kier alpha value is -1.30. The van der Waals surface area contributed by atoms with Gasteiger partial charge in [-0.1, -0.05) is 25.9 Å². The van der Waals surface area contributed by atoms with Gasteiger partial charge in [0, 0.05) is 17.4 Å². The highest BCUT2D eigenvalue weighted by Gasteiger charge is 2.65. The number of rotatable bonds is 5. The smallest absolute Gasteiger partial charge is 0.303 e. The van der Waals surface area contributed by atoms with Crippen molar-refractivity contribution >= 4 is 5.97 Å². The van der Waals surface area contributed by atoms with Crippen molar-refractivity contribution < 1.29 is 20.1 Å². The highest BCUT2D eigenvalue weighted by molar-refractivity contribution is 5.66. The van der Waals surface area contributed by atoms with Crippen LogP contribution in [0, 0.1) is 46.3 Å². The van der Waals surface area contributed by atoms with E-state index in [-0.39, 0.29) is 53.1 Å². The van der Waals surface area contributed by atoms with Crippen LogP contribution >= 0.6 is 0 Å². The molecule has 0 heterocycles. The Kier molecular flexibility index (Phi) is 6.08. The van der Waals surface area contributed by atoms with Crippen LogP contribution in [0.2, 0.25) is 0 Å². The Balaban J connectivity index is 1.59. The maximum absolute atomic E-state index is 11.5. The van der Waals surface area contributed by atoms with Gasteiger partial charge in [-0.25, -0.2) is 0 Å². The Morgan fingerprint density at radius 1 is 1.16 bits per heavy atom. The Labute approximate surface area is 185 Å². The summed E-state index contributed by atoms with van der Waals surface area (Å²) in [6.07, 6.45) is 6.24. The maximum Gasteiger partial charge on any atom is 0.303 e. The molecule has 7 heteroatoms. The van der Waals surface area contributed by atoms with Gasteiger partial charge in [0.25, 0.3) is 0 Å². The number of hydrogen-bond acceptors (Lipinski definition) is 4. The molecule has 5 unspecified atom stereocenters. The van der Waals surface area contributed by atoms with Gasteiger partial charge in [-0.15, -0.1) is 0 Å². The van der Waals surface area contributed by atoms with E-state index in [4.69, 9.17) is 10.6 Å². The molecule has 0 aromatic heterocycles. The molecule has 0 aliphatic heterocycles. The molecule has 4 aliphatic rings. The van der Waals surface area contributed by atoms with Crippen molar-refractivity contribution in [1.82, 2.24) is 0 Å². The number of hydrogen-bond donors (Lipinski definition) is 3. The summed E-state index contributed by atoms with van der Waals surface area (Å²) >= 11 is 0. The van der Waals surface area contributed by atoms with Gasteiger partial charge in [0.15, 0.2) is 0 Å². The molecule has 0 aromatic rings. The summed E-state index contributed by atoms with van der Waals surface area (Å²) in [5, 5.41) is 36.0. The van der Waals surface area contributed by atoms with Gasteiger partial charge in [0.2, 0.25) is 0 Å². The lowest BCUT2D eigenvalue weighted by Gasteiger charge is -2.63. The summed E-state index contributed by atoms with van der Waals surface area (Å²) in [5.74, 6) is 0.884.